The van der Waals surface area contributed by atoms with Crippen molar-refractivity contribution in [3.05, 3.63) is 29.1 Å². The summed E-state index contributed by atoms with van der Waals surface area (Å²) in [5.74, 6) is 0.934. The molecule has 0 amide bonds. The third-order valence-electron chi connectivity index (χ3n) is 3.05. The third kappa shape index (κ3) is 2.36. The predicted molar refractivity (Wildman–Crippen MR) is 64.2 cm³/mol. The Hall–Kier alpha value is -1.69. The molecule has 0 aliphatic heterocycles. The van der Waals surface area contributed by atoms with Crippen LogP contribution in [0, 0.1) is 13.8 Å². The van der Waals surface area contributed by atoms with Crippen molar-refractivity contribution in [2.75, 3.05) is 0 Å². The Morgan fingerprint density at radius 2 is 2.00 bits per heavy atom. The average molecular weight is 234 g/mol. The van der Waals surface area contributed by atoms with Gasteiger partial charge in [0.25, 0.3) is 0 Å². The maximum Gasteiger partial charge on any atom is 0.146 e. The van der Waals surface area contributed by atoms with Gasteiger partial charge in [-0.1, -0.05) is 0 Å². The van der Waals surface area contributed by atoms with Crippen LogP contribution < -0.4 is 5.32 Å². The standard InChI is InChI=1S/C11H18N6/c1-8-10(9(2)17(4)15-8)5-12-6-11-14-13-7-16(11)3/h7,12H,5-6H2,1-4H3. The van der Waals surface area contributed by atoms with Gasteiger partial charge in [0.1, 0.15) is 12.2 Å². The Morgan fingerprint density at radius 1 is 1.24 bits per heavy atom. The normalized spacial score (nSPS) is 11.1. The number of hydrogen-bond donors (Lipinski definition) is 1. The highest BCUT2D eigenvalue weighted by molar-refractivity contribution is 5.23. The molecule has 2 heterocycles. The number of aromatic nitrogens is 5. The summed E-state index contributed by atoms with van der Waals surface area (Å²) in [6, 6.07) is 0. The van der Waals surface area contributed by atoms with Crippen LogP contribution in [0.15, 0.2) is 6.33 Å². The fraction of sp³-hybridized carbons (Fsp3) is 0.545. The van der Waals surface area contributed by atoms with Gasteiger partial charge in [-0.15, -0.1) is 10.2 Å². The van der Waals surface area contributed by atoms with Crippen molar-refractivity contribution in [2.45, 2.75) is 26.9 Å². The van der Waals surface area contributed by atoms with Crippen LogP contribution in [0.25, 0.3) is 0 Å². The lowest BCUT2D eigenvalue weighted by Gasteiger charge is -2.04. The first-order valence-electron chi connectivity index (χ1n) is 5.62. The van der Waals surface area contributed by atoms with Crippen molar-refractivity contribution in [3.63, 3.8) is 0 Å². The Bertz CT molecular complexity index is 510. The zero-order valence-corrected chi connectivity index (χ0v) is 10.7. The zero-order chi connectivity index (χ0) is 12.4. The largest absolute Gasteiger partial charge is 0.320 e. The Kier molecular flexibility index (Phi) is 3.23. The summed E-state index contributed by atoms with van der Waals surface area (Å²) in [6.07, 6.45) is 1.71. The maximum absolute atomic E-state index is 4.39. The summed E-state index contributed by atoms with van der Waals surface area (Å²) in [7, 11) is 3.91. The molecule has 1 N–H and O–H groups in total. The van der Waals surface area contributed by atoms with E-state index in [0.717, 1.165) is 18.1 Å². The summed E-state index contributed by atoms with van der Waals surface area (Å²) in [4.78, 5) is 0. The van der Waals surface area contributed by atoms with Crippen molar-refractivity contribution in [1.29, 1.82) is 0 Å². The number of rotatable bonds is 4. The first-order valence-corrected chi connectivity index (χ1v) is 5.62. The Labute approximate surface area is 101 Å². The van der Waals surface area contributed by atoms with E-state index in [9.17, 15) is 0 Å². The minimum atomic E-state index is 0.713. The molecule has 0 saturated carbocycles. The SMILES string of the molecule is Cc1nn(C)c(C)c1CNCc1nncn1C. The maximum atomic E-state index is 4.39. The molecule has 2 rings (SSSR count). The van der Waals surface area contributed by atoms with Crippen LogP contribution in [0.3, 0.4) is 0 Å². The highest BCUT2D eigenvalue weighted by atomic mass is 15.3. The topological polar surface area (TPSA) is 60.6 Å². The molecule has 6 nitrogen and oxygen atoms in total. The molecule has 17 heavy (non-hydrogen) atoms. The minimum absolute atomic E-state index is 0.713. The summed E-state index contributed by atoms with van der Waals surface area (Å²) >= 11 is 0. The molecule has 2 aromatic heterocycles. The van der Waals surface area contributed by atoms with Crippen LogP contribution in [-0.2, 0) is 27.2 Å². The number of nitrogens with one attached hydrogen (secondary N) is 1. The van der Waals surface area contributed by atoms with E-state index in [1.54, 1.807) is 6.33 Å². The van der Waals surface area contributed by atoms with E-state index >= 15 is 0 Å². The van der Waals surface area contributed by atoms with Crippen LogP contribution in [0.2, 0.25) is 0 Å². The third-order valence-corrected chi connectivity index (χ3v) is 3.05. The molecule has 0 fully saturated rings. The van der Waals surface area contributed by atoms with Crippen LogP contribution >= 0.6 is 0 Å². The van der Waals surface area contributed by atoms with Crippen LogP contribution in [0.4, 0.5) is 0 Å². The van der Waals surface area contributed by atoms with Crippen LogP contribution in [0.1, 0.15) is 22.8 Å². The second-order valence-corrected chi connectivity index (χ2v) is 4.23. The van der Waals surface area contributed by atoms with E-state index in [4.69, 9.17) is 0 Å². The van der Waals surface area contributed by atoms with Crippen LogP contribution in [-0.4, -0.2) is 24.5 Å². The van der Waals surface area contributed by atoms with Crippen LogP contribution in [0.5, 0.6) is 0 Å². The Morgan fingerprint density at radius 3 is 2.53 bits per heavy atom. The monoisotopic (exact) mass is 234 g/mol. The lowest BCUT2D eigenvalue weighted by molar-refractivity contribution is 0.633. The van der Waals surface area contributed by atoms with Gasteiger partial charge in [0, 0.05) is 31.9 Å². The van der Waals surface area contributed by atoms with Gasteiger partial charge in [-0.3, -0.25) is 4.68 Å². The molecule has 0 radical (unpaired) electrons. The first-order chi connectivity index (χ1) is 8.09. The van der Waals surface area contributed by atoms with Crippen molar-refractivity contribution in [3.8, 4) is 0 Å². The van der Waals surface area contributed by atoms with Gasteiger partial charge in [-0.25, -0.2) is 0 Å². The molecular formula is C11H18N6. The molecule has 0 aliphatic carbocycles. The fourth-order valence-electron chi connectivity index (χ4n) is 1.84. The molecule has 0 unspecified atom stereocenters. The van der Waals surface area contributed by atoms with Gasteiger partial charge in [0.05, 0.1) is 12.2 Å². The molecule has 0 saturated heterocycles. The molecule has 0 atom stereocenters. The quantitative estimate of drug-likeness (QED) is 0.834. The molecule has 0 spiro atoms. The second-order valence-electron chi connectivity index (χ2n) is 4.23. The van der Waals surface area contributed by atoms with Gasteiger partial charge >= 0.3 is 0 Å². The molecule has 0 aromatic carbocycles. The fourth-order valence-corrected chi connectivity index (χ4v) is 1.84. The van der Waals surface area contributed by atoms with Gasteiger partial charge < -0.3 is 9.88 Å². The van der Waals surface area contributed by atoms with Crippen molar-refractivity contribution in [1.82, 2.24) is 29.9 Å². The lowest BCUT2D eigenvalue weighted by atomic mass is 10.2. The molecule has 2 aromatic rings. The minimum Gasteiger partial charge on any atom is -0.320 e. The highest BCUT2D eigenvalue weighted by Gasteiger charge is 2.09. The summed E-state index contributed by atoms with van der Waals surface area (Å²) in [5, 5.41) is 15.6. The van der Waals surface area contributed by atoms with Crippen molar-refractivity contribution in [2.24, 2.45) is 14.1 Å². The van der Waals surface area contributed by atoms with Gasteiger partial charge in [0.15, 0.2) is 0 Å². The van der Waals surface area contributed by atoms with E-state index in [0.29, 0.717) is 6.54 Å². The van der Waals surface area contributed by atoms with Crippen molar-refractivity contribution >= 4 is 0 Å². The van der Waals surface area contributed by atoms with Gasteiger partial charge in [-0.05, 0) is 13.8 Å². The first kappa shape index (κ1) is 11.8. The molecule has 0 aliphatic rings. The number of aryl methyl sites for hydroxylation is 3. The van der Waals surface area contributed by atoms with Gasteiger partial charge in [-0.2, -0.15) is 5.10 Å². The predicted octanol–water partition coefficient (Wildman–Crippen LogP) is 0.455. The number of nitrogens with zero attached hydrogens (tertiary/aromatic N) is 5. The van der Waals surface area contributed by atoms with E-state index in [1.165, 1.54) is 11.3 Å². The van der Waals surface area contributed by atoms with E-state index in [-0.39, 0.29) is 0 Å². The smallest absolute Gasteiger partial charge is 0.146 e. The molecule has 0 bridgehead atoms. The second kappa shape index (κ2) is 4.67. The average Bonchev–Trinajstić information content (AvgIpc) is 2.78. The summed E-state index contributed by atoms with van der Waals surface area (Å²) in [6.45, 7) is 5.63. The van der Waals surface area contributed by atoms with Gasteiger partial charge in [0.2, 0.25) is 0 Å². The summed E-state index contributed by atoms with van der Waals surface area (Å²) in [5.41, 5.74) is 3.54. The van der Waals surface area contributed by atoms with E-state index in [1.807, 2.05) is 30.3 Å². The van der Waals surface area contributed by atoms with E-state index < -0.39 is 0 Å². The Balaban J connectivity index is 1.97. The van der Waals surface area contributed by atoms with E-state index in [2.05, 4.69) is 27.5 Å². The lowest BCUT2D eigenvalue weighted by Crippen LogP contribution is -2.16. The number of hydrogen-bond acceptors (Lipinski definition) is 4. The highest BCUT2D eigenvalue weighted by Crippen LogP contribution is 2.11. The molecule has 92 valence electrons. The molecule has 6 heteroatoms. The van der Waals surface area contributed by atoms with Crippen molar-refractivity contribution < 1.29 is 0 Å². The zero-order valence-electron chi connectivity index (χ0n) is 10.7. The summed E-state index contributed by atoms with van der Waals surface area (Å²) < 4.78 is 3.82. The molecular weight excluding hydrogens is 216 g/mol.